The summed E-state index contributed by atoms with van der Waals surface area (Å²) in [5, 5.41) is 5.31. The summed E-state index contributed by atoms with van der Waals surface area (Å²) in [5.41, 5.74) is 1.09. The molecule has 128 valence electrons. The smallest absolute Gasteiger partial charge is 0.243 e. The van der Waals surface area contributed by atoms with Crippen molar-refractivity contribution in [2.75, 3.05) is 6.54 Å². The van der Waals surface area contributed by atoms with Gasteiger partial charge in [0.15, 0.2) is 5.82 Å². The van der Waals surface area contributed by atoms with Crippen molar-refractivity contribution in [3.8, 4) is 0 Å². The number of fused-ring (bicyclic) bond motifs is 1. The number of hydrogen-bond acceptors (Lipinski definition) is 4. The second-order valence-corrected chi connectivity index (χ2v) is 7.01. The van der Waals surface area contributed by atoms with E-state index in [0.29, 0.717) is 18.3 Å². The van der Waals surface area contributed by atoms with Crippen LogP contribution >= 0.6 is 0 Å². The normalized spacial score (nSPS) is 20.5. The molecule has 1 amide bonds. The van der Waals surface area contributed by atoms with Gasteiger partial charge in [-0.25, -0.2) is 0 Å². The highest BCUT2D eigenvalue weighted by molar-refractivity contribution is 5.83. The summed E-state index contributed by atoms with van der Waals surface area (Å²) in [7, 11) is 0. The van der Waals surface area contributed by atoms with Crippen molar-refractivity contribution in [2.24, 2.45) is 0 Å². The predicted octanol–water partition coefficient (Wildman–Crippen LogP) is 3.27. The zero-order valence-corrected chi connectivity index (χ0v) is 14.0. The molecule has 1 aliphatic heterocycles. The van der Waals surface area contributed by atoms with Crippen LogP contribution in [0.1, 0.15) is 49.4 Å². The summed E-state index contributed by atoms with van der Waals surface area (Å²) in [6, 6.07) is 10.1. The van der Waals surface area contributed by atoms with Gasteiger partial charge in [0.05, 0.1) is 6.04 Å². The highest BCUT2D eigenvalue weighted by Gasteiger charge is 2.36. The largest absolute Gasteiger partial charge is 0.339 e. The number of para-hydroxylation sites is 1. The van der Waals surface area contributed by atoms with E-state index >= 15 is 0 Å². The summed E-state index contributed by atoms with van der Waals surface area (Å²) < 4.78 is 7.40. The van der Waals surface area contributed by atoms with Gasteiger partial charge in [-0.1, -0.05) is 23.4 Å². The first-order valence-electron chi connectivity index (χ1n) is 8.96. The molecule has 2 aliphatic rings. The minimum Gasteiger partial charge on any atom is -0.339 e. The van der Waals surface area contributed by atoms with E-state index in [4.69, 9.17) is 4.52 Å². The second kappa shape index (κ2) is 5.72. The summed E-state index contributed by atoms with van der Waals surface area (Å²) >= 11 is 0. The van der Waals surface area contributed by atoms with Crippen LogP contribution in [0.25, 0.3) is 10.9 Å². The lowest BCUT2D eigenvalue weighted by Crippen LogP contribution is -2.33. The van der Waals surface area contributed by atoms with E-state index < -0.39 is 0 Å². The molecule has 5 rings (SSSR count). The van der Waals surface area contributed by atoms with Gasteiger partial charge >= 0.3 is 0 Å². The van der Waals surface area contributed by atoms with Gasteiger partial charge in [-0.05, 0) is 43.2 Å². The van der Waals surface area contributed by atoms with E-state index in [0.717, 1.165) is 49.0 Å². The van der Waals surface area contributed by atoms with E-state index in [1.165, 1.54) is 0 Å². The summed E-state index contributed by atoms with van der Waals surface area (Å²) in [4.78, 5) is 19.4. The SMILES string of the molecule is O=C(Cn1ccc2ccccc21)N1CCCC1c1noc(C2CC2)n1. The van der Waals surface area contributed by atoms with Crippen molar-refractivity contribution in [1.82, 2.24) is 19.6 Å². The molecule has 6 nitrogen and oxygen atoms in total. The monoisotopic (exact) mass is 336 g/mol. The first-order chi connectivity index (χ1) is 12.3. The highest BCUT2D eigenvalue weighted by Crippen LogP contribution is 2.40. The van der Waals surface area contributed by atoms with Crippen molar-refractivity contribution in [3.05, 3.63) is 48.2 Å². The van der Waals surface area contributed by atoms with Crippen LogP contribution < -0.4 is 0 Å². The van der Waals surface area contributed by atoms with Crippen molar-refractivity contribution in [1.29, 1.82) is 0 Å². The van der Waals surface area contributed by atoms with Crippen LogP contribution in [0.2, 0.25) is 0 Å². The molecule has 25 heavy (non-hydrogen) atoms. The summed E-state index contributed by atoms with van der Waals surface area (Å²) in [6.45, 7) is 1.10. The van der Waals surface area contributed by atoms with Crippen LogP contribution in [0.4, 0.5) is 0 Å². The average Bonchev–Trinajstić information content (AvgIpc) is 3.04. The maximum atomic E-state index is 12.9. The Balaban J connectivity index is 1.36. The molecule has 1 saturated carbocycles. The lowest BCUT2D eigenvalue weighted by molar-refractivity contribution is -0.132. The quantitative estimate of drug-likeness (QED) is 0.733. The molecule has 1 saturated heterocycles. The van der Waals surface area contributed by atoms with E-state index in [2.05, 4.69) is 16.2 Å². The molecule has 6 heteroatoms. The van der Waals surface area contributed by atoms with E-state index in [1.807, 2.05) is 39.9 Å². The lowest BCUT2D eigenvalue weighted by atomic mass is 10.2. The van der Waals surface area contributed by atoms with Crippen LogP contribution in [0, 0.1) is 0 Å². The molecule has 2 fully saturated rings. The standard InChI is InChI=1S/C19H20N4O2/c24-17(12-22-11-9-13-4-1-2-5-15(13)22)23-10-3-6-16(23)18-20-19(25-21-18)14-7-8-14/h1-2,4-5,9,11,14,16H,3,6-8,10,12H2. The summed E-state index contributed by atoms with van der Waals surface area (Å²) in [5.74, 6) is 1.97. The fraction of sp³-hybridized carbons (Fsp3) is 0.421. The van der Waals surface area contributed by atoms with Crippen LogP contribution in [0.5, 0.6) is 0 Å². The Kier molecular flexibility index (Phi) is 3.36. The van der Waals surface area contributed by atoms with Crippen molar-refractivity contribution < 1.29 is 9.32 Å². The number of carbonyl (C=O) groups is 1. The summed E-state index contributed by atoms with van der Waals surface area (Å²) in [6.07, 6.45) is 6.14. The molecule has 2 aromatic heterocycles. The number of rotatable bonds is 4. The Morgan fingerprint density at radius 3 is 2.96 bits per heavy atom. The van der Waals surface area contributed by atoms with Crippen molar-refractivity contribution >= 4 is 16.8 Å². The van der Waals surface area contributed by atoms with Crippen LogP contribution in [-0.2, 0) is 11.3 Å². The van der Waals surface area contributed by atoms with Gasteiger partial charge in [-0.3, -0.25) is 4.79 Å². The molecule has 0 radical (unpaired) electrons. The highest BCUT2D eigenvalue weighted by atomic mass is 16.5. The third kappa shape index (κ3) is 2.62. The van der Waals surface area contributed by atoms with Gasteiger partial charge in [-0.2, -0.15) is 4.98 Å². The fourth-order valence-corrected chi connectivity index (χ4v) is 3.73. The third-order valence-electron chi connectivity index (χ3n) is 5.24. The molecule has 0 bridgehead atoms. The van der Waals surface area contributed by atoms with Gasteiger partial charge in [-0.15, -0.1) is 0 Å². The number of nitrogens with zero attached hydrogens (tertiary/aromatic N) is 4. The number of amides is 1. The molecule has 1 aromatic carbocycles. The fourth-order valence-electron chi connectivity index (χ4n) is 3.73. The van der Waals surface area contributed by atoms with Crippen molar-refractivity contribution in [2.45, 2.75) is 44.2 Å². The lowest BCUT2D eigenvalue weighted by Gasteiger charge is -2.22. The van der Waals surface area contributed by atoms with E-state index in [-0.39, 0.29) is 11.9 Å². The molecule has 1 aliphatic carbocycles. The average molecular weight is 336 g/mol. The van der Waals surface area contributed by atoms with Gasteiger partial charge in [0.25, 0.3) is 0 Å². The second-order valence-electron chi connectivity index (χ2n) is 7.01. The number of aromatic nitrogens is 3. The Morgan fingerprint density at radius 2 is 2.08 bits per heavy atom. The zero-order chi connectivity index (χ0) is 16.8. The molecule has 1 unspecified atom stereocenters. The topological polar surface area (TPSA) is 64.2 Å². The molecule has 3 heterocycles. The van der Waals surface area contributed by atoms with Gasteiger partial charge in [0.2, 0.25) is 11.8 Å². The van der Waals surface area contributed by atoms with Crippen LogP contribution in [0.3, 0.4) is 0 Å². The Bertz CT molecular complexity index is 924. The number of hydrogen-bond donors (Lipinski definition) is 0. The number of carbonyl (C=O) groups excluding carboxylic acids is 1. The Labute approximate surface area is 145 Å². The number of likely N-dealkylation sites (tertiary alicyclic amines) is 1. The minimum absolute atomic E-state index is 0.0504. The first kappa shape index (κ1) is 14.7. The maximum absolute atomic E-state index is 12.9. The van der Waals surface area contributed by atoms with Crippen LogP contribution in [-0.4, -0.2) is 32.1 Å². The van der Waals surface area contributed by atoms with Gasteiger partial charge in [0.1, 0.15) is 6.54 Å². The Morgan fingerprint density at radius 1 is 1.20 bits per heavy atom. The zero-order valence-electron chi connectivity index (χ0n) is 14.0. The molecule has 1 atom stereocenters. The number of benzene rings is 1. The molecule has 0 spiro atoms. The molecule has 0 N–H and O–H groups in total. The first-order valence-corrected chi connectivity index (χ1v) is 8.96. The predicted molar refractivity (Wildman–Crippen MR) is 91.9 cm³/mol. The Hall–Kier alpha value is -2.63. The van der Waals surface area contributed by atoms with Crippen LogP contribution in [0.15, 0.2) is 41.1 Å². The van der Waals surface area contributed by atoms with Gasteiger partial charge < -0.3 is 14.0 Å². The maximum Gasteiger partial charge on any atom is 0.243 e. The van der Waals surface area contributed by atoms with E-state index in [1.54, 1.807) is 0 Å². The van der Waals surface area contributed by atoms with Gasteiger partial charge in [0, 0.05) is 24.2 Å². The molecule has 3 aromatic rings. The third-order valence-corrected chi connectivity index (χ3v) is 5.24. The molecular weight excluding hydrogens is 316 g/mol. The minimum atomic E-state index is -0.0504. The van der Waals surface area contributed by atoms with E-state index in [9.17, 15) is 4.79 Å². The molecular formula is C19H20N4O2. The van der Waals surface area contributed by atoms with Crippen molar-refractivity contribution in [3.63, 3.8) is 0 Å².